The first-order valence-corrected chi connectivity index (χ1v) is 6.24. The van der Waals surface area contributed by atoms with E-state index in [0.717, 1.165) is 5.56 Å². The minimum absolute atomic E-state index is 0.0363. The molecule has 2 rings (SSSR count). The highest BCUT2D eigenvalue weighted by atomic mass is 16.6. The number of amides is 1. The molecular formula is C14H17NO4. The van der Waals surface area contributed by atoms with Gasteiger partial charge in [-0.25, -0.2) is 9.59 Å². The van der Waals surface area contributed by atoms with Gasteiger partial charge in [-0.3, -0.25) is 4.90 Å². The monoisotopic (exact) mass is 263 g/mol. The van der Waals surface area contributed by atoms with E-state index in [2.05, 4.69) is 0 Å². The fourth-order valence-electron chi connectivity index (χ4n) is 2.26. The molecule has 102 valence electrons. The van der Waals surface area contributed by atoms with Crippen LogP contribution in [0.3, 0.4) is 0 Å². The zero-order valence-electron chi connectivity index (χ0n) is 10.9. The van der Waals surface area contributed by atoms with Crippen molar-refractivity contribution in [1.82, 2.24) is 4.90 Å². The number of cyclic esters (lactones) is 1. The Hall–Kier alpha value is -2.04. The molecule has 5 nitrogen and oxygen atoms in total. The first kappa shape index (κ1) is 13.4. The summed E-state index contributed by atoms with van der Waals surface area (Å²) in [6.07, 6.45) is -1.16. The molecule has 1 amide bonds. The molecule has 0 spiro atoms. The summed E-state index contributed by atoms with van der Waals surface area (Å²) in [5.74, 6) is -1.06. The van der Waals surface area contributed by atoms with Crippen molar-refractivity contribution >= 4 is 12.1 Å². The van der Waals surface area contributed by atoms with Crippen LogP contribution in [0.4, 0.5) is 4.79 Å². The van der Waals surface area contributed by atoms with E-state index >= 15 is 0 Å². The molecule has 1 N–H and O–H groups in total. The van der Waals surface area contributed by atoms with E-state index in [9.17, 15) is 14.7 Å². The molecule has 1 fully saturated rings. The number of carboxylic acid groups (broad SMARTS) is 1. The van der Waals surface area contributed by atoms with Crippen molar-refractivity contribution in [3.8, 4) is 0 Å². The van der Waals surface area contributed by atoms with Gasteiger partial charge in [0.2, 0.25) is 0 Å². The average Bonchev–Trinajstić information content (AvgIpc) is 2.68. The van der Waals surface area contributed by atoms with Crippen LogP contribution in [0.2, 0.25) is 0 Å². The van der Waals surface area contributed by atoms with E-state index in [1.807, 2.05) is 44.2 Å². The second kappa shape index (κ2) is 5.30. The lowest BCUT2D eigenvalue weighted by molar-refractivity contribution is -0.143. The van der Waals surface area contributed by atoms with Gasteiger partial charge in [-0.2, -0.15) is 0 Å². The van der Waals surface area contributed by atoms with Gasteiger partial charge < -0.3 is 9.84 Å². The molecule has 0 saturated carbocycles. The molecule has 19 heavy (non-hydrogen) atoms. The third-order valence-electron chi connectivity index (χ3n) is 3.22. The maximum atomic E-state index is 11.8. The van der Waals surface area contributed by atoms with Crippen molar-refractivity contribution in [2.24, 2.45) is 5.92 Å². The predicted octanol–water partition coefficient (Wildman–Crippen LogP) is 2.12. The Labute approximate surface area is 111 Å². The summed E-state index contributed by atoms with van der Waals surface area (Å²) in [7, 11) is 0. The Balaban J connectivity index is 2.22. The Morgan fingerprint density at radius 3 is 2.53 bits per heavy atom. The third kappa shape index (κ3) is 2.70. The second-order valence-corrected chi connectivity index (χ2v) is 4.99. The zero-order valence-corrected chi connectivity index (χ0v) is 10.9. The number of aliphatic carboxylic acids is 1. The van der Waals surface area contributed by atoms with Gasteiger partial charge in [-0.05, 0) is 11.5 Å². The summed E-state index contributed by atoms with van der Waals surface area (Å²) in [6.45, 7) is 3.94. The van der Waals surface area contributed by atoms with E-state index < -0.39 is 24.2 Å². The molecule has 0 unspecified atom stereocenters. The highest BCUT2D eigenvalue weighted by Gasteiger charge is 2.47. The van der Waals surface area contributed by atoms with Gasteiger partial charge in [-0.15, -0.1) is 0 Å². The van der Waals surface area contributed by atoms with Crippen molar-refractivity contribution in [3.63, 3.8) is 0 Å². The van der Waals surface area contributed by atoms with Gasteiger partial charge in [0.15, 0.2) is 6.04 Å². The van der Waals surface area contributed by atoms with E-state index in [4.69, 9.17) is 4.74 Å². The van der Waals surface area contributed by atoms with Crippen molar-refractivity contribution in [2.75, 3.05) is 0 Å². The van der Waals surface area contributed by atoms with Crippen LogP contribution in [-0.2, 0) is 16.1 Å². The highest BCUT2D eigenvalue weighted by molar-refractivity contribution is 5.83. The first-order valence-electron chi connectivity index (χ1n) is 6.24. The van der Waals surface area contributed by atoms with Crippen LogP contribution in [0.25, 0.3) is 0 Å². The van der Waals surface area contributed by atoms with E-state index in [1.165, 1.54) is 4.90 Å². The number of carbonyl (C=O) groups is 2. The molecule has 1 aliphatic heterocycles. The van der Waals surface area contributed by atoms with E-state index in [1.54, 1.807) is 0 Å². The Morgan fingerprint density at radius 2 is 2.00 bits per heavy atom. The van der Waals surface area contributed by atoms with Crippen molar-refractivity contribution < 1.29 is 19.4 Å². The minimum atomic E-state index is -1.03. The molecule has 0 bridgehead atoms. The van der Waals surface area contributed by atoms with Crippen molar-refractivity contribution in [3.05, 3.63) is 35.9 Å². The fourth-order valence-corrected chi connectivity index (χ4v) is 2.26. The van der Waals surface area contributed by atoms with Gasteiger partial charge in [0.05, 0.1) is 6.54 Å². The maximum absolute atomic E-state index is 11.8. The number of benzene rings is 1. The van der Waals surface area contributed by atoms with Crippen LogP contribution in [-0.4, -0.2) is 34.2 Å². The summed E-state index contributed by atoms with van der Waals surface area (Å²) in [5.41, 5.74) is 0.884. The quantitative estimate of drug-likeness (QED) is 0.903. The minimum Gasteiger partial charge on any atom is -0.480 e. The number of ether oxygens (including phenoxy) is 1. The molecule has 5 heteroatoms. The summed E-state index contributed by atoms with van der Waals surface area (Å²) in [6, 6.07) is 8.37. The number of hydrogen-bond acceptors (Lipinski definition) is 3. The highest BCUT2D eigenvalue weighted by Crippen LogP contribution is 2.27. The molecule has 1 saturated heterocycles. The molecule has 1 aromatic carbocycles. The number of nitrogens with zero attached hydrogens (tertiary/aromatic N) is 1. The molecule has 1 aliphatic rings. The van der Waals surface area contributed by atoms with Gasteiger partial charge in [-0.1, -0.05) is 44.2 Å². The number of carbonyl (C=O) groups excluding carboxylic acids is 1. The molecule has 0 radical (unpaired) electrons. The summed E-state index contributed by atoms with van der Waals surface area (Å²) >= 11 is 0. The lowest BCUT2D eigenvalue weighted by atomic mass is 9.99. The average molecular weight is 263 g/mol. The molecule has 1 heterocycles. The molecule has 1 aromatic rings. The van der Waals surface area contributed by atoms with Crippen LogP contribution >= 0.6 is 0 Å². The smallest absolute Gasteiger partial charge is 0.411 e. The lowest BCUT2D eigenvalue weighted by Gasteiger charge is -2.22. The van der Waals surface area contributed by atoms with Crippen LogP contribution < -0.4 is 0 Å². The van der Waals surface area contributed by atoms with Crippen LogP contribution in [0.5, 0.6) is 0 Å². The standard InChI is InChI=1S/C14H17NO4/c1-9(2)12-11(13(16)17)15(14(18)19-12)8-10-6-4-3-5-7-10/h3-7,9,11-12H,8H2,1-2H3,(H,16,17)/t11-,12-/m0/s1. The van der Waals surface area contributed by atoms with Crippen molar-refractivity contribution in [1.29, 1.82) is 0 Å². The Kier molecular flexibility index (Phi) is 3.74. The van der Waals surface area contributed by atoms with Crippen LogP contribution in [0.1, 0.15) is 19.4 Å². The third-order valence-corrected chi connectivity index (χ3v) is 3.22. The largest absolute Gasteiger partial charge is 0.480 e. The van der Waals surface area contributed by atoms with E-state index in [-0.39, 0.29) is 12.5 Å². The molecule has 0 aliphatic carbocycles. The normalized spacial score (nSPS) is 22.7. The molecule has 0 aromatic heterocycles. The van der Waals surface area contributed by atoms with Gasteiger partial charge in [0, 0.05) is 0 Å². The zero-order chi connectivity index (χ0) is 14.0. The first-order chi connectivity index (χ1) is 9.00. The summed E-state index contributed by atoms with van der Waals surface area (Å²) in [4.78, 5) is 24.5. The Morgan fingerprint density at radius 1 is 1.37 bits per heavy atom. The molecular weight excluding hydrogens is 246 g/mol. The molecule has 2 atom stereocenters. The van der Waals surface area contributed by atoms with Gasteiger partial charge in [0.1, 0.15) is 6.10 Å². The van der Waals surface area contributed by atoms with Gasteiger partial charge in [0.25, 0.3) is 0 Å². The van der Waals surface area contributed by atoms with E-state index in [0.29, 0.717) is 0 Å². The number of carboxylic acids is 1. The predicted molar refractivity (Wildman–Crippen MR) is 68.5 cm³/mol. The summed E-state index contributed by atoms with van der Waals surface area (Å²) < 4.78 is 5.19. The summed E-state index contributed by atoms with van der Waals surface area (Å²) in [5, 5.41) is 9.32. The van der Waals surface area contributed by atoms with Crippen molar-refractivity contribution in [2.45, 2.75) is 32.5 Å². The van der Waals surface area contributed by atoms with Crippen LogP contribution in [0, 0.1) is 5.92 Å². The van der Waals surface area contributed by atoms with Crippen LogP contribution in [0.15, 0.2) is 30.3 Å². The second-order valence-electron chi connectivity index (χ2n) is 4.99. The fraction of sp³-hybridized carbons (Fsp3) is 0.429. The van der Waals surface area contributed by atoms with Gasteiger partial charge >= 0.3 is 12.1 Å². The maximum Gasteiger partial charge on any atom is 0.411 e. The number of rotatable bonds is 4. The lowest BCUT2D eigenvalue weighted by Crippen LogP contribution is -2.44. The SMILES string of the molecule is CC(C)[C@@H]1OC(=O)N(Cc2ccccc2)[C@@H]1C(=O)O. The number of hydrogen-bond donors (Lipinski definition) is 1. The Bertz CT molecular complexity index is 472. The topological polar surface area (TPSA) is 66.8 Å².